The van der Waals surface area contributed by atoms with Crippen LogP contribution in [0.3, 0.4) is 0 Å². The van der Waals surface area contributed by atoms with Crippen molar-refractivity contribution in [1.82, 2.24) is 5.16 Å². The molecule has 0 bridgehead atoms. The first-order chi connectivity index (χ1) is 13.0. The van der Waals surface area contributed by atoms with E-state index >= 15 is 0 Å². The summed E-state index contributed by atoms with van der Waals surface area (Å²) in [4.78, 5) is 24.2. The second kappa shape index (κ2) is 6.88. The average Bonchev–Trinajstić information content (AvgIpc) is 3.14. The van der Waals surface area contributed by atoms with Crippen LogP contribution in [0.1, 0.15) is 17.4 Å². The molecule has 1 aromatic heterocycles. The molecular formula is C19H14BrN3O4. The van der Waals surface area contributed by atoms with Crippen LogP contribution in [0.2, 0.25) is 0 Å². The molecule has 0 saturated carbocycles. The highest BCUT2D eigenvalue weighted by Crippen LogP contribution is 2.32. The molecule has 3 aromatic rings. The molecular weight excluding hydrogens is 414 g/mol. The molecule has 1 aliphatic heterocycles. The maximum Gasteiger partial charge on any atom is 0.277 e. The molecule has 1 atom stereocenters. The van der Waals surface area contributed by atoms with E-state index in [1.165, 1.54) is 0 Å². The summed E-state index contributed by atoms with van der Waals surface area (Å²) in [6.45, 7) is 1.67. The Balaban J connectivity index is 1.51. The third kappa shape index (κ3) is 3.56. The van der Waals surface area contributed by atoms with Crippen LogP contribution in [0.5, 0.6) is 5.75 Å². The number of nitrogens with one attached hydrogen (secondary N) is 2. The number of carbonyl (C=O) groups is 2. The smallest absolute Gasteiger partial charge is 0.277 e. The zero-order valence-corrected chi connectivity index (χ0v) is 15.7. The number of hydrogen-bond donors (Lipinski definition) is 2. The predicted molar refractivity (Wildman–Crippen MR) is 103 cm³/mol. The molecule has 0 aliphatic carbocycles. The van der Waals surface area contributed by atoms with E-state index in [0.717, 1.165) is 10.0 Å². The molecule has 1 unspecified atom stereocenters. The number of benzene rings is 2. The lowest BCUT2D eigenvalue weighted by molar-refractivity contribution is -0.122. The van der Waals surface area contributed by atoms with Gasteiger partial charge in [0.1, 0.15) is 5.75 Å². The third-order valence-electron chi connectivity index (χ3n) is 4.04. The molecule has 7 nitrogen and oxygen atoms in total. The zero-order valence-electron chi connectivity index (χ0n) is 14.2. The van der Waals surface area contributed by atoms with Crippen LogP contribution in [0, 0.1) is 0 Å². The number of halogens is 1. The van der Waals surface area contributed by atoms with Crippen molar-refractivity contribution in [3.8, 4) is 17.1 Å². The second-order valence-electron chi connectivity index (χ2n) is 6.00. The topological polar surface area (TPSA) is 93.5 Å². The third-order valence-corrected chi connectivity index (χ3v) is 4.57. The summed E-state index contributed by atoms with van der Waals surface area (Å²) in [5.41, 5.74) is 1.98. The van der Waals surface area contributed by atoms with Crippen LogP contribution in [0.4, 0.5) is 11.4 Å². The van der Waals surface area contributed by atoms with Crippen LogP contribution < -0.4 is 15.4 Å². The van der Waals surface area contributed by atoms with Crippen LogP contribution in [-0.2, 0) is 4.79 Å². The Labute approximate surface area is 162 Å². The molecule has 2 N–H and O–H groups in total. The molecule has 2 heterocycles. The lowest BCUT2D eigenvalue weighted by Gasteiger charge is -2.23. The summed E-state index contributed by atoms with van der Waals surface area (Å²) < 4.78 is 11.7. The molecule has 0 radical (unpaired) electrons. The summed E-state index contributed by atoms with van der Waals surface area (Å²) >= 11 is 3.37. The Morgan fingerprint density at radius 2 is 1.96 bits per heavy atom. The van der Waals surface area contributed by atoms with Gasteiger partial charge in [0.25, 0.3) is 11.8 Å². The number of hydrogen-bond acceptors (Lipinski definition) is 5. The minimum atomic E-state index is -0.551. The van der Waals surface area contributed by atoms with Gasteiger partial charge in [-0.3, -0.25) is 9.59 Å². The lowest BCUT2D eigenvalue weighted by atomic mass is 10.1. The quantitative estimate of drug-likeness (QED) is 0.656. The highest BCUT2D eigenvalue weighted by molar-refractivity contribution is 9.10. The van der Waals surface area contributed by atoms with Gasteiger partial charge in [-0.15, -0.1) is 0 Å². The number of ether oxygens (including phenoxy) is 1. The summed E-state index contributed by atoms with van der Waals surface area (Å²) in [5, 5.41) is 9.30. The van der Waals surface area contributed by atoms with Gasteiger partial charge in [0.2, 0.25) is 0 Å². The van der Waals surface area contributed by atoms with Gasteiger partial charge in [0, 0.05) is 21.8 Å². The molecule has 0 fully saturated rings. The van der Waals surface area contributed by atoms with Gasteiger partial charge >= 0.3 is 0 Å². The van der Waals surface area contributed by atoms with Crippen molar-refractivity contribution < 1.29 is 18.8 Å². The first kappa shape index (κ1) is 17.3. The van der Waals surface area contributed by atoms with E-state index in [9.17, 15) is 9.59 Å². The van der Waals surface area contributed by atoms with Gasteiger partial charge in [-0.25, -0.2) is 0 Å². The van der Waals surface area contributed by atoms with Crippen molar-refractivity contribution in [2.75, 3.05) is 10.6 Å². The number of rotatable bonds is 3. The number of carbonyl (C=O) groups excluding carboxylic acids is 2. The highest BCUT2D eigenvalue weighted by atomic mass is 79.9. The molecule has 1 aliphatic rings. The van der Waals surface area contributed by atoms with Crippen LogP contribution in [0.25, 0.3) is 11.3 Å². The van der Waals surface area contributed by atoms with Gasteiger partial charge in [0.15, 0.2) is 17.6 Å². The zero-order chi connectivity index (χ0) is 19.0. The van der Waals surface area contributed by atoms with Gasteiger partial charge in [0.05, 0.1) is 5.69 Å². The SMILES string of the molecule is CC1Oc2ccc(NC(=O)c3cc(-c4ccc(Br)cc4)on3)cc2NC1=O. The Morgan fingerprint density at radius 1 is 1.19 bits per heavy atom. The van der Waals surface area contributed by atoms with Crippen molar-refractivity contribution in [2.45, 2.75) is 13.0 Å². The monoisotopic (exact) mass is 427 g/mol. The van der Waals surface area contributed by atoms with E-state index in [1.54, 1.807) is 31.2 Å². The minimum Gasteiger partial charge on any atom is -0.479 e. The second-order valence-corrected chi connectivity index (χ2v) is 6.91. The van der Waals surface area contributed by atoms with Crippen molar-refractivity contribution in [1.29, 1.82) is 0 Å². The molecule has 0 spiro atoms. The van der Waals surface area contributed by atoms with E-state index < -0.39 is 12.0 Å². The minimum absolute atomic E-state index is 0.152. The van der Waals surface area contributed by atoms with E-state index in [2.05, 4.69) is 31.7 Å². The van der Waals surface area contributed by atoms with E-state index in [-0.39, 0.29) is 11.6 Å². The first-order valence-electron chi connectivity index (χ1n) is 8.15. The molecule has 2 amide bonds. The van der Waals surface area contributed by atoms with Crippen molar-refractivity contribution in [2.24, 2.45) is 0 Å². The van der Waals surface area contributed by atoms with Crippen LogP contribution in [0.15, 0.2) is 57.5 Å². The average molecular weight is 428 g/mol. The normalized spacial score (nSPS) is 15.5. The lowest BCUT2D eigenvalue weighted by Crippen LogP contribution is -2.34. The molecule has 2 aromatic carbocycles. The Kier molecular flexibility index (Phi) is 4.41. The first-order valence-corrected chi connectivity index (χ1v) is 8.94. The maximum atomic E-state index is 12.4. The van der Waals surface area contributed by atoms with E-state index in [4.69, 9.17) is 9.26 Å². The van der Waals surface area contributed by atoms with Gasteiger partial charge in [-0.2, -0.15) is 0 Å². The highest BCUT2D eigenvalue weighted by Gasteiger charge is 2.24. The maximum absolute atomic E-state index is 12.4. The largest absolute Gasteiger partial charge is 0.479 e. The van der Waals surface area contributed by atoms with Crippen LogP contribution >= 0.6 is 15.9 Å². The number of anilines is 2. The Hall–Kier alpha value is -3.13. The molecule has 136 valence electrons. The van der Waals surface area contributed by atoms with Crippen molar-refractivity contribution in [3.05, 3.63) is 58.7 Å². The molecule has 8 heteroatoms. The fourth-order valence-electron chi connectivity index (χ4n) is 2.61. The fraction of sp³-hybridized carbons (Fsp3) is 0.105. The van der Waals surface area contributed by atoms with Crippen LogP contribution in [-0.4, -0.2) is 23.1 Å². The Bertz CT molecular complexity index is 1030. The summed E-state index contributed by atoms with van der Waals surface area (Å²) in [6.07, 6.45) is -0.551. The number of aromatic nitrogens is 1. The fourth-order valence-corrected chi connectivity index (χ4v) is 2.88. The van der Waals surface area contributed by atoms with Crippen molar-refractivity contribution in [3.63, 3.8) is 0 Å². The van der Waals surface area contributed by atoms with Crippen molar-refractivity contribution >= 4 is 39.1 Å². The molecule has 27 heavy (non-hydrogen) atoms. The van der Waals surface area contributed by atoms with Gasteiger partial charge < -0.3 is 19.9 Å². The van der Waals surface area contributed by atoms with E-state index in [0.29, 0.717) is 22.9 Å². The standard InChI is InChI=1S/C19H14BrN3O4/c1-10-18(24)22-14-8-13(6-7-16(14)26-10)21-19(25)15-9-17(27-23-15)11-2-4-12(20)5-3-11/h2-10H,1H3,(H,21,25)(H,22,24). The van der Waals surface area contributed by atoms with Gasteiger partial charge in [-0.1, -0.05) is 33.2 Å². The number of nitrogens with zero attached hydrogens (tertiary/aromatic N) is 1. The molecule has 0 saturated heterocycles. The summed E-state index contributed by atoms with van der Waals surface area (Å²) in [5.74, 6) is 0.395. The van der Waals surface area contributed by atoms with Gasteiger partial charge in [-0.05, 0) is 37.3 Å². The summed E-state index contributed by atoms with van der Waals surface area (Å²) in [7, 11) is 0. The number of amides is 2. The van der Waals surface area contributed by atoms with E-state index in [1.807, 2.05) is 24.3 Å². The summed E-state index contributed by atoms with van der Waals surface area (Å²) in [6, 6.07) is 14.1. The molecule has 4 rings (SSSR count). The predicted octanol–water partition coefficient (Wildman–Crippen LogP) is 4.08. The number of fused-ring (bicyclic) bond motifs is 1. The Morgan fingerprint density at radius 3 is 2.74 bits per heavy atom.